The number of rotatable bonds is 3. The van der Waals surface area contributed by atoms with Crippen LogP contribution in [-0.4, -0.2) is 24.6 Å². The molecule has 0 bridgehead atoms. The predicted octanol–water partition coefficient (Wildman–Crippen LogP) is 1.63. The second kappa shape index (κ2) is 4.79. The summed E-state index contributed by atoms with van der Waals surface area (Å²) in [6.07, 6.45) is 3.37. The van der Waals surface area contributed by atoms with Gasteiger partial charge in [0, 0.05) is 29.1 Å². The molecule has 1 aromatic rings. The van der Waals surface area contributed by atoms with E-state index in [0.29, 0.717) is 12.0 Å². The number of primary amides is 1. The zero-order valence-electron chi connectivity index (χ0n) is 9.60. The molecule has 0 unspecified atom stereocenters. The minimum Gasteiger partial charge on any atom is -0.366 e. The lowest BCUT2D eigenvalue weighted by Crippen LogP contribution is -2.24. The van der Waals surface area contributed by atoms with E-state index < -0.39 is 5.91 Å². The fraction of sp³-hybridized carbons (Fsp3) is 0.333. The van der Waals surface area contributed by atoms with Crippen molar-refractivity contribution >= 4 is 29.3 Å². The van der Waals surface area contributed by atoms with Gasteiger partial charge >= 0.3 is 0 Å². The second-order valence-corrected chi connectivity index (χ2v) is 4.81. The Hall–Kier alpha value is -1.49. The zero-order valence-corrected chi connectivity index (χ0v) is 10.4. The Morgan fingerprint density at radius 2 is 2.18 bits per heavy atom. The highest BCUT2D eigenvalue weighted by Crippen LogP contribution is 2.27. The van der Waals surface area contributed by atoms with Crippen molar-refractivity contribution in [3.05, 3.63) is 23.8 Å². The Balaban J connectivity index is 2.42. The van der Waals surface area contributed by atoms with Gasteiger partial charge in [0.05, 0.1) is 0 Å². The third kappa shape index (κ3) is 2.44. The Bertz CT molecular complexity index is 474. The van der Waals surface area contributed by atoms with Crippen LogP contribution in [0.4, 0.5) is 5.69 Å². The molecule has 1 saturated heterocycles. The number of thioether (sulfide) groups is 1. The highest BCUT2D eigenvalue weighted by molar-refractivity contribution is 7.98. The minimum atomic E-state index is -0.464. The summed E-state index contributed by atoms with van der Waals surface area (Å²) in [5.74, 6) is -0.354. The lowest BCUT2D eigenvalue weighted by molar-refractivity contribution is -0.117. The van der Waals surface area contributed by atoms with E-state index in [9.17, 15) is 9.59 Å². The SMILES string of the molecule is CSc1cc(C(N)=O)cc(N2CCCC2=O)c1. The summed E-state index contributed by atoms with van der Waals surface area (Å²) >= 11 is 1.53. The Morgan fingerprint density at radius 1 is 1.41 bits per heavy atom. The molecule has 0 spiro atoms. The van der Waals surface area contributed by atoms with E-state index in [1.54, 1.807) is 17.0 Å². The molecule has 5 heteroatoms. The molecule has 2 rings (SSSR count). The van der Waals surface area contributed by atoms with E-state index in [-0.39, 0.29) is 5.91 Å². The van der Waals surface area contributed by atoms with E-state index in [2.05, 4.69) is 0 Å². The minimum absolute atomic E-state index is 0.110. The van der Waals surface area contributed by atoms with Gasteiger partial charge in [0.2, 0.25) is 11.8 Å². The van der Waals surface area contributed by atoms with Crippen molar-refractivity contribution in [2.24, 2.45) is 5.73 Å². The van der Waals surface area contributed by atoms with Crippen LogP contribution in [-0.2, 0) is 4.79 Å². The third-order valence-electron chi connectivity index (χ3n) is 2.80. The maximum atomic E-state index is 11.7. The molecule has 1 aliphatic heterocycles. The summed E-state index contributed by atoms with van der Waals surface area (Å²) in [5, 5.41) is 0. The number of nitrogens with two attached hydrogens (primary N) is 1. The summed E-state index contributed by atoms with van der Waals surface area (Å²) < 4.78 is 0. The van der Waals surface area contributed by atoms with Crippen molar-refractivity contribution in [1.82, 2.24) is 0 Å². The fourth-order valence-electron chi connectivity index (χ4n) is 1.92. The van der Waals surface area contributed by atoms with Crippen LogP contribution in [0.15, 0.2) is 23.1 Å². The van der Waals surface area contributed by atoms with Crippen LogP contribution < -0.4 is 10.6 Å². The summed E-state index contributed by atoms with van der Waals surface area (Å²) in [6, 6.07) is 5.35. The highest BCUT2D eigenvalue weighted by atomic mass is 32.2. The van der Waals surface area contributed by atoms with Gasteiger partial charge < -0.3 is 10.6 Å². The predicted molar refractivity (Wildman–Crippen MR) is 68.3 cm³/mol. The van der Waals surface area contributed by atoms with Gasteiger partial charge in [-0.25, -0.2) is 0 Å². The number of nitrogens with zero attached hydrogens (tertiary/aromatic N) is 1. The molecule has 4 nitrogen and oxygen atoms in total. The number of benzene rings is 1. The maximum Gasteiger partial charge on any atom is 0.248 e. The van der Waals surface area contributed by atoms with Gasteiger partial charge in [-0.05, 0) is 30.9 Å². The van der Waals surface area contributed by atoms with Crippen molar-refractivity contribution in [2.75, 3.05) is 17.7 Å². The average molecular weight is 250 g/mol. The molecule has 1 aliphatic rings. The summed E-state index contributed by atoms with van der Waals surface area (Å²) in [7, 11) is 0. The molecular formula is C12H14N2O2S. The smallest absolute Gasteiger partial charge is 0.248 e. The number of amides is 2. The van der Waals surface area contributed by atoms with Crippen molar-refractivity contribution < 1.29 is 9.59 Å². The number of hydrogen-bond donors (Lipinski definition) is 1. The van der Waals surface area contributed by atoms with E-state index in [4.69, 9.17) is 5.73 Å². The summed E-state index contributed by atoms with van der Waals surface area (Å²) in [6.45, 7) is 0.717. The van der Waals surface area contributed by atoms with Crippen LogP contribution in [0.5, 0.6) is 0 Å². The first kappa shape index (κ1) is 12.0. The van der Waals surface area contributed by atoms with Gasteiger partial charge in [-0.3, -0.25) is 9.59 Å². The highest BCUT2D eigenvalue weighted by Gasteiger charge is 2.22. The van der Waals surface area contributed by atoms with E-state index in [0.717, 1.165) is 23.5 Å². The van der Waals surface area contributed by atoms with Crippen LogP contribution in [0.2, 0.25) is 0 Å². The van der Waals surface area contributed by atoms with Gasteiger partial charge in [0.1, 0.15) is 0 Å². The Morgan fingerprint density at radius 3 is 2.71 bits per heavy atom. The molecule has 1 heterocycles. The third-order valence-corrected chi connectivity index (χ3v) is 3.50. The molecule has 17 heavy (non-hydrogen) atoms. The number of hydrogen-bond acceptors (Lipinski definition) is 3. The number of carbonyl (C=O) groups excluding carboxylic acids is 2. The van der Waals surface area contributed by atoms with Gasteiger partial charge in [-0.2, -0.15) is 0 Å². The average Bonchev–Trinajstić information content (AvgIpc) is 2.74. The Kier molecular flexibility index (Phi) is 3.38. The topological polar surface area (TPSA) is 63.4 Å². The van der Waals surface area contributed by atoms with Crippen molar-refractivity contribution in [3.63, 3.8) is 0 Å². The van der Waals surface area contributed by atoms with E-state index in [1.807, 2.05) is 12.3 Å². The summed E-state index contributed by atoms with van der Waals surface area (Å²) in [5.41, 5.74) is 6.51. The first-order valence-electron chi connectivity index (χ1n) is 5.41. The van der Waals surface area contributed by atoms with Crippen LogP contribution in [0, 0.1) is 0 Å². The zero-order chi connectivity index (χ0) is 12.4. The normalized spacial score (nSPS) is 15.4. The lowest BCUT2D eigenvalue weighted by atomic mass is 10.2. The van der Waals surface area contributed by atoms with Crippen molar-refractivity contribution in [2.45, 2.75) is 17.7 Å². The Labute approximate surface area is 104 Å². The van der Waals surface area contributed by atoms with Gasteiger partial charge in [0.25, 0.3) is 0 Å². The van der Waals surface area contributed by atoms with Crippen molar-refractivity contribution in [3.8, 4) is 0 Å². The van der Waals surface area contributed by atoms with Crippen LogP contribution >= 0.6 is 11.8 Å². The number of anilines is 1. The van der Waals surface area contributed by atoms with Gasteiger partial charge in [0.15, 0.2) is 0 Å². The first-order valence-corrected chi connectivity index (χ1v) is 6.63. The largest absolute Gasteiger partial charge is 0.366 e. The van der Waals surface area contributed by atoms with Crippen LogP contribution in [0.3, 0.4) is 0 Å². The number of carbonyl (C=O) groups is 2. The van der Waals surface area contributed by atoms with Crippen LogP contribution in [0.25, 0.3) is 0 Å². The maximum absolute atomic E-state index is 11.7. The molecule has 0 radical (unpaired) electrons. The van der Waals surface area contributed by atoms with Gasteiger partial charge in [-0.1, -0.05) is 0 Å². The van der Waals surface area contributed by atoms with Gasteiger partial charge in [-0.15, -0.1) is 11.8 Å². The lowest BCUT2D eigenvalue weighted by Gasteiger charge is -2.17. The van der Waals surface area contributed by atoms with E-state index >= 15 is 0 Å². The molecule has 1 fully saturated rings. The molecular weight excluding hydrogens is 236 g/mol. The molecule has 0 saturated carbocycles. The monoisotopic (exact) mass is 250 g/mol. The molecule has 90 valence electrons. The molecule has 1 aromatic carbocycles. The van der Waals surface area contributed by atoms with Crippen molar-refractivity contribution in [1.29, 1.82) is 0 Å². The molecule has 0 atom stereocenters. The molecule has 2 N–H and O–H groups in total. The quantitative estimate of drug-likeness (QED) is 0.829. The fourth-order valence-corrected chi connectivity index (χ4v) is 2.40. The molecule has 0 aliphatic carbocycles. The molecule has 0 aromatic heterocycles. The van der Waals surface area contributed by atoms with Crippen LogP contribution in [0.1, 0.15) is 23.2 Å². The second-order valence-electron chi connectivity index (χ2n) is 3.93. The summed E-state index contributed by atoms with van der Waals surface area (Å²) in [4.78, 5) is 25.5. The first-order chi connectivity index (χ1) is 8.11. The van der Waals surface area contributed by atoms with E-state index in [1.165, 1.54) is 11.8 Å². The molecule has 2 amide bonds. The standard InChI is InChI=1S/C12H14N2O2S/c1-17-10-6-8(12(13)16)5-9(7-10)14-4-2-3-11(14)15/h5-7H,2-4H2,1H3,(H2,13,16).